The molecule has 2 heterocycles. The molecule has 1 amide bonds. The number of aromatic amines is 1. The number of hydrogen-bond donors (Lipinski definition) is 3. The molecule has 2 aromatic heterocycles. The molecule has 3 aromatic rings. The van der Waals surface area contributed by atoms with Crippen LogP contribution in [0.5, 0.6) is 0 Å². The number of nitrogens with one attached hydrogen (secondary N) is 2. The molecule has 0 aliphatic rings. The molecule has 0 aliphatic carbocycles. The molecule has 0 saturated carbocycles. The quantitative estimate of drug-likeness (QED) is 0.644. The molecule has 0 fully saturated rings. The van der Waals surface area contributed by atoms with Crippen LogP contribution in [-0.2, 0) is 13.5 Å². The molecule has 0 aliphatic heterocycles. The lowest BCUT2D eigenvalue weighted by Crippen LogP contribution is -2.12. The minimum atomic E-state index is -0.188. The number of amides is 1. The van der Waals surface area contributed by atoms with E-state index in [9.17, 15) is 4.79 Å². The van der Waals surface area contributed by atoms with Gasteiger partial charge in [-0.15, -0.1) is 0 Å². The molecule has 4 N–H and O–H groups in total. The first kappa shape index (κ1) is 13.2. The number of anilines is 2. The first-order chi connectivity index (χ1) is 10.1. The summed E-state index contributed by atoms with van der Waals surface area (Å²) in [4.78, 5) is 15.4. The van der Waals surface area contributed by atoms with Gasteiger partial charge in [0, 0.05) is 29.8 Å². The van der Waals surface area contributed by atoms with Gasteiger partial charge in [0.05, 0.1) is 11.4 Å². The van der Waals surface area contributed by atoms with Gasteiger partial charge in [0.2, 0.25) is 0 Å². The number of aryl methyl sites for hydroxylation is 2. The van der Waals surface area contributed by atoms with Gasteiger partial charge in [0.1, 0.15) is 5.69 Å². The van der Waals surface area contributed by atoms with Crippen LogP contribution in [0.2, 0.25) is 0 Å². The Morgan fingerprint density at radius 2 is 2.24 bits per heavy atom. The highest BCUT2D eigenvalue weighted by Crippen LogP contribution is 2.20. The number of carbonyl (C=O) groups excluding carboxylic acids is 1. The van der Waals surface area contributed by atoms with Crippen molar-refractivity contribution in [2.24, 2.45) is 7.05 Å². The predicted octanol–water partition coefficient (Wildman–Crippen LogP) is 2.30. The van der Waals surface area contributed by atoms with Crippen LogP contribution in [0.4, 0.5) is 11.4 Å². The highest BCUT2D eigenvalue weighted by Gasteiger charge is 2.13. The Morgan fingerprint density at radius 3 is 3.00 bits per heavy atom. The number of nitrogens with zero attached hydrogens (tertiary/aromatic N) is 2. The van der Waals surface area contributed by atoms with Crippen LogP contribution in [0.25, 0.3) is 10.9 Å². The zero-order chi connectivity index (χ0) is 15.0. The summed E-state index contributed by atoms with van der Waals surface area (Å²) in [6, 6.07) is 7.30. The second-order valence-corrected chi connectivity index (χ2v) is 5.00. The summed E-state index contributed by atoms with van der Waals surface area (Å²) >= 11 is 0. The number of nitrogens with two attached hydrogens (primary N) is 1. The van der Waals surface area contributed by atoms with E-state index >= 15 is 0 Å². The van der Waals surface area contributed by atoms with E-state index in [1.807, 2.05) is 26.1 Å². The van der Waals surface area contributed by atoms with Crippen LogP contribution in [0.1, 0.15) is 23.1 Å². The maximum atomic E-state index is 12.3. The normalized spacial score (nSPS) is 11.0. The molecule has 0 spiro atoms. The second-order valence-electron chi connectivity index (χ2n) is 5.00. The molecule has 0 bridgehead atoms. The molecule has 21 heavy (non-hydrogen) atoms. The highest BCUT2D eigenvalue weighted by atomic mass is 16.1. The topological polar surface area (TPSA) is 88.7 Å². The third-order valence-corrected chi connectivity index (χ3v) is 3.38. The lowest BCUT2D eigenvalue weighted by atomic mass is 10.2. The summed E-state index contributed by atoms with van der Waals surface area (Å²) < 4.78 is 1.69. The Morgan fingerprint density at radius 1 is 1.43 bits per heavy atom. The van der Waals surface area contributed by atoms with Crippen LogP contribution in [0.3, 0.4) is 0 Å². The zero-order valence-corrected chi connectivity index (χ0v) is 12.0. The minimum absolute atomic E-state index is 0.188. The predicted molar refractivity (Wildman–Crippen MR) is 83.3 cm³/mol. The Kier molecular flexibility index (Phi) is 3.13. The first-order valence-corrected chi connectivity index (χ1v) is 6.79. The van der Waals surface area contributed by atoms with Crippen molar-refractivity contribution in [1.82, 2.24) is 14.8 Å². The number of fused-ring (bicyclic) bond motifs is 1. The van der Waals surface area contributed by atoms with Crippen molar-refractivity contribution in [2.45, 2.75) is 13.3 Å². The maximum absolute atomic E-state index is 12.3. The molecular formula is C15H17N5O. The lowest BCUT2D eigenvalue weighted by Gasteiger charge is -2.02. The average Bonchev–Trinajstić information content (AvgIpc) is 3.01. The smallest absolute Gasteiger partial charge is 0.272 e. The Labute approximate surface area is 121 Å². The summed E-state index contributed by atoms with van der Waals surface area (Å²) in [7, 11) is 1.83. The van der Waals surface area contributed by atoms with Crippen molar-refractivity contribution in [2.75, 3.05) is 11.1 Å². The third kappa shape index (κ3) is 2.47. The fourth-order valence-electron chi connectivity index (χ4n) is 2.36. The van der Waals surface area contributed by atoms with E-state index in [0.29, 0.717) is 11.4 Å². The van der Waals surface area contributed by atoms with E-state index in [-0.39, 0.29) is 5.91 Å². The Hall–Kier alpha value is -2.76. The van der Waals surface area contributed by atoms with E-state index in [4.69, 9.17) is 5.73 Å². The van der Waals surface area contributed by atoms with E-state index in [0.717, 1.165) is 28.7 Å². The second kappa shape index (κ2) is 4.97. The van der Waals surface area contributed by atoms with Gasteiger partial charge < -0.3 is 16.0 Å². The van der Waals surface area contributed by atoms with E-state index in [1.165, 1.54) is 0 Å². The van der Waals surface area contributed by atoms with Crippen molar-refractivity contribution in [3.63, 3.8) is 0 Å². The maximum Gasteiger partial charge on any atom is 0.272 e. The largest absolute Gasteiger partial charge is 0.399 e. The number of benzene rings is 1. The summed E-state index contributed by atoms with van der Waals surface area (Å²) in [5.74, 6) is -0.188. The van der Waals surface area contributed by atoms with E-state index in [2.05, 4.69) is 15.4 Å². The molecule has 6 heteroatoms. The number of rotatable bonds is 3. The Bertz CT molecular complexity index is 815. The Balaban J connectivity index is 1.89. The van der Waals surface area contributed by atoms with Crippen LogP contribution in [-0.4, -0.2) is 20.7 Å². The van der Waals surface area contributed by atoms with Crippen LogP contribution in [0.15, 0.2) is 30.5 Å². The molecule has 0 radical (unpaired) electrons. The van der Waals surface area contributed by atoms with Crippen molar-refractivity contribution in [1.29, 1.82) is 0 Å². The highest BCUT2D eigenvalue weighted by molar-refractivity contribution is 6.06. The molecule has 1 aromatic carbocycles. The summed E-state index contributed by atoms with van der Waals surface area (Å²) in [5, 5.41) is 8.11. The van der Waals surface area contributed by atoms with Gasteiger partial charge in [-0.1, -0.05) is 6.92 Å². The minimum Gasteiger partial charge on any atom is -0.399 e. The van der Waals surface area contributed by atoms with Crippen molar-refractivity contribution in [3.05, 3.63) is 41.9 Å². The van der Waals surface area contributed by atoms with Gasteiger partial charge in [-0.3, -0.25) is 9.48 Å². The molecule has 3 rings (SSSR count). The van der Waals surface area contributed by atoms with E-state index in [1.54, 1.807) is 23.0 Å². The number of hydrogen-bond acceptors (Lipinski definition) is 3. The standard InChI is InChI=1S/C15H17N5O/c1-3-11-14(8-20(2)19-11)18-15(21)13-7-9-6-10(16)4-5-12(9)17-13/h4-8,17H,3,16H2,1-2H3,(H,18,21). The van der Waals surface area contributed by atoms with Crippen molar-refractivity contribution < 1.29 is 4.79 Å². The molecule has 108 valence electrons. The SMILES string of the molecule is CCc1nn(C)cc1NC(=O)c1cc2cc(N)ccc2[nH]1. The van der Waals surface area contributed by atoms with E-state index < -0.39 is 0 Å². The lowest BCUT2D eigenvalue weighted by molar-refractivity contribution is 0.102. The van der Waals surface area contributed by atoms with Crippen LogP contribution >= 0.6 is 0 Å². The van der Waals surface area contributed by atoms with Gasteiger partial charge in [0.15, 0.2) is 0 Å². The number of H-pyrrole nitrogens is 1. The fourth-order valence-corrected chi connectivity index (χ4v) is 2.36. The summed E-state index contributed by atoms with van der Waals surface area (Å²) in [6.45, 7) is 2.00. The summed E-state index contributed by atoms with van der Waals surface area (Å²) in [5.41, 5.74) is 9.42. The van der Waals surface area contributed by atoms with Gasteiger partial charge in [-0.2, -0.15) is 5.10 Å². The molecule has 0 unspecified atom stereocenters. The van der Waals surface area contributed by atoms with Gasteiger partial charge in [0.25, 0.3) is 5.91 Å². The summed E-state index contributed by atoms with van der Waals surface area (Å²) in [6.07, 6.45) is 2.57. The van der Waals surface area contributed by atoms with Gasteiger partial charge in [-0.05, 0) is 30.7 Å². The monoisotopic (exact) mass is 283 g/mol. The molecule has 0 atom stereocenters. The number of nitrogen functional groups attached to an aromatic ring is 1. The zero-order valence-electron chi connectivity index (χ0n) is 12.0. The van der Waals surface area contributed by atoms with Gasteiger partial charge in [-0.25, -0.2) is 0 Å². The number of aromatic nitrogens is 3. The third-order valence-electron chi connectivity index (χ3n) is 3.38. The number of carbonyl (C=O) groups is 1. The fraction of sp³-hybridized carbons (Fsp3) is 0.200. The molecule has 6 nitrogen and oxygen atoms in total. The van der Waals surface area contributed by atoms with Gasteiger partial charge >= 0.3 is 0 Å². The molecule has 0 saturated heterocycles. The van der Waals surface area contributed by atoms with Crippen LogP contribution < -0.4 is 11.1 Å². The van der Waals surface area contributed by atoms with Crippen LogP contribution in [0, 0.1) is 0 Å². The van der Waals surface area contributed by atoms with Crippen molar-refractivity contribution >= 4 is 28.2 Å². The van der Waals surface area contributed by atoms with Crippen molar-refractivity contribution in [3.8, 4) is 0 Å². The molecular weight excluding hydrogens is 266 g/mol. The average molecular weight is 283 g/mol. The first-order valence-electron chi connectivity index (χ1n) is 6.79.